The van der Waals surface area contributed by atoms with Crippen LogP contribution in [0.4, 0.5) is 10.6 Å². The van der Waals surface area contributed by atoms with Gasteiger partial charge in [0.05, 0.1) is 22.7 Å². The lowest BCUT2D eigenvalue weighted by Crippen LogP contribution is -2.57. The van der Waals surface area contributed by atoms with E-state index in [4.69, 9.17) is 0 Å². The number of fused-ring (bicyclic) bond motifs is 2. The molecule has 154 valence electrons. The Balaban J connectivity index is 1.34. The van der Waals surface area contributed by atoms with Gasteiger partial charge in [0.2, 0.25) is 0 Å². The largest absolute Gasteiger partial charge is 0.322 e. The molecule has 29 heavy (non-hydrogen) atoms. The number of aromatic amines is 1. The fourth-order valence-corrected chi connectivity index (χ4v) is 5.46. The minimum absolute atomic E-state index is 0.0710. The van der Waals surface area contributed by atoms with Crippen molar-refractivity contribution in [2.75, 3.05) is 31.5 Å². The summed E-state index contributed by atoms with van der Waals surface area (Å²) in [6, 6.07) is 4.21. The van der Waals surface area contributed by atoms with Gasteiger partial charge in [-0.3, -0.25) is 14.8 Å². The zero-order valence-electron chi connectivity index (χ0n) is 16.8. The first-order chi connectivity index (χ1) is 13.9. The lowest BCUT2D eigenvalue weighted by molar-refractivity contribution is 0.0712. The fourth-order valence-electron chi connectivity index (χ4n) is 4.84. The average molecular weight is 415 g/mol. The highest BCUT2D eigenvalue weighted by Gasteiger charge is 2.46. The van der Waals surface area contributed by atoms with Crippen LogP contribution in [0.15, 0.2) is 17.5 Å². The molecule has 2 aromatic heterocycles. The third kappa shape index (κ3) is 3.03. The molecule has 8 nitrogen and oxygen atoms in total. The van der Waals surface area contributed by atoms with Gasteiger partial charge in [0.15, 0.2) is 5.82 Å². The van der Waals surface area contributed by atoms with Gasteiger partial charge in [-0.25, -0.2) is 4.79 Å². The van der Waals surface area contributed by atoms with E-state index in [0.717, 1.165) is 37.4 Å². The second kappa shape index (κ2) is 6.84. The van der Waals surface area contributed by atoms with Crippen LogP contribution in [-0.4, -0.2) is 69.1 Å². The lowest BCUT2D eigenvalue weighted by Gasteiger charge is -2.42. The van der Waals surface area contributed by atoms with Crippen LogP contribution in [0, 0.1) is 0 Å². The van der Waals surface area contributed by atoms with Crippen molar-refractivity contribution in [2.45, 2.75) is 44.8 Å². The van der Waals surface area contributed by atoms with Gasteiger partial charge in [0.1, 0.15) is 0 Å². The maximum absolute atomic E-state index is 13.4. The van der Waals surface area contributed by atoms with Gasteiger partial charge in [-0.2, -0.15) is 5.10 Å². The predicted octanol–water partition coefficient (Wildman–Crippen LogP) is 2.67. The molecule has 2 N–H and O–H groups in total. The van der Waals surface area contributed by atoms with E-state index in [-0.39, 0.29) is 11.9 Å². The molecule has 0 bridgehead atoms. The Kier molecular flexibility index (Phi) is 4.40. The van der Waals surface area contributed by atoms with Gasteiger partial charge >= 0.3 is 6.03 Å². The molecule has 0 saturated carbocycles. The van der Waals surface area contributed by atoms with Gasteiger partial charge in [0.25, 0.3) is 5.91 Å². The molecule has 5 heterocycles. The lowest BCUT2D eigenvalue weighted by atomic mass is 10.0. The molecule has 1 atom stereocenters. The van der Waals surface area contributed by atoms with E-state index in [1.165, 1.54) is 24.2 Å². The third-order valence-corrected chi connectivity index (χ3v) is 7.40. The number of nitrogens with zero attached hydrogens (tertiary/aromatic N) is 4. The Bertz CT molecular complexity index is 937. The Morgan fingerprint density at radius 3 is 2.97 bits per heavy atom. The summed E-state index contributed by atoms with van der Waals surface area (Å²) in [5, 5.41) is 12.2. The Labute approximate surface area is 173 Å². The molecule has 0 aliphatic carbocycles. The molecular weight excluding hydrogens is 388 g/mol. The number of aromatic nitrogens is 2. The maximum atomic E-state index is 13.4. The van der Waals surface area contributed by atoms with E-state index in [2.05, 4.69) is 20.4 Å². The van der Waals surface area contributed by atoms with E-state index in [1.807, 2.05) is 35.1 Å². The van der Waals surface area contributed by atoms with Crippen LogP contribution in [0.1, 0.15) is 47.6 Å². The monoisotopic (exact) mass is 414 g/mol. The third-order valence-electron chi connectivity index (χ3n) is 6.54. The molecule has 3 amide bonds. The maximum Gasteiger partial charge on any atom is 0.321 e. The number of carbonyl (C=O) groups is 2. The Hall–Kier alpha value is -2.39. The Morgan fingerprint density at radius 2 is 2.17 bits per heavy atom. The standard InChI is InChI=1S/C20H26N6O2S/c1-20(2)16-14(17(23-22-16)21-18(27)15-6-4-10-29-15)12-26(20)19(28)25-9-8-24-7-3-5-13(24)11-25/h4,6,10,13H,3,5,7-9,11-12H2,1-2H3,(H2,21,22,23,27). The van der Waals surface area contributed by atoms with Gasteiger partial charge in [0, 0.05) is 31.2 Å². The minimum atomic E-state index is -0.502. The number of urea groups is 1. The molecule has 1 unspecified atom stereocenters. The molecule has 9 heteroatoms. The van der Waals surface area contributed by atoms with Gasteiger partial charge in [-0.15, -0.1) is 11.3 Å². The molecule has 0 spiro atoms. The number of amides is 3. The number of nitrogens with one attached hydrogen (secondary N) is 2. The molecule has 5 rings (SSSR count). The number of rotatable bonds is 2. The summed E-state index contributed by atoms with van der Waals surface area (Å²) in [6.45, 7) is 8.21. The van der Waals surface area contributed by atoms with E-state index >= 15 is 0 Å². The zero-order valence-corrected chi connectivity index (χ0v) is 17.6. The van der Waals surface area contributed by atoms with Crippen molar-refractivity contribution < 1.29 is 9.59 Å². The molecule has 0 radical (unpaired) electrons. The van der Waals surface area contributed by atoms with E-state index in [0.29, 0.717) is 23.3 Å². The average Bonchev–Trinajstić information content (AvgIpc) is 3.47. The number of thiophene rings is 1. The van der Waals surface area contributed by atoms with Crippen LogP contribution >= 0.6 is 11.3 Å². The van der Waals surface area contributed by atoms with Gasteiger partial charge < -0.3 is 15.1 Å². The highest BCUT2D eigenvalue weighted by atomic mass is 32.1. The van der Waals surface area contributed by atoms with Crippen molar-refractivity contribution in [1.82, 2.24) is 24.9 Å². The molecular formula is C20H26N6O2S. The molecule has 3 aliphatic heterocycles. The number of hydrogen-bond donors (Lipinski definition) is 2. The Morgan fingerprint density at radius 1 is 1.31 bits per heavy atom. The van der Waals surface area contributed by atoms with Crippen molar-refractivity contribution in [3.05, 3.63) is 33.6 Å². The van der Waals surface area contributed by atoms with Crippen LogP contribution < -0.4 is 5.32 Å². The van der Waals surface area contributed by atoms with Gasteiger partial charge in [-0.05, 0) is 44.7 Å². The summed E-state index contributed by atoms with van der Waals surface area (Å²) >= 11 is 1.39. The zero-order chi connectivity index (χ0) is 20.2. The second-order valence-electron chi connectivity index (χ2n) is 8.56. The summed E-state index contributed by atoms with van der Waals surface area (Å²) < 4.78 is 0. The van der Waals surface area contributed by atoms with Gasteiger partial charge in [-0.1, -0.05) is 6.07 Å². The molecule has 2 fully saturated rings. The molecule has 0 aromatic carbocycles. The summed E-state index contributed by atoms with van der Waals surface area (Å²) in [6.07, 6.45) is 2.40. The molecule has 2 aromatic rings. The summed E-state index contributed by atoms with van der Waals surface area (Å²) in [7, 11) is 0. The smallest absolute Gasteiger partial charge is 0.321 e. The van der Waals surface area contributed by atoms with Crippen LogP contribution in [-0.2, 0) is 12.1 Å². The quantitative estimate of drug-likeness (QED) is 0.791. The number of piperazine rings is 1. The second-order valence-corrected chi connectivity index (χ2v) is 9.51. The number of hydrogen-bond acceptors (Lipinski definition) is 5. The first kappa shape index (κ1) is 18.6. The van der Waals surface area contributed by atoms with Crippen LogP contribution in [0.2, 0.25) is 0 Å². The fraction of sp³-hybridized carbons (Fsp3) is 0.550. The normalized spacial score (nSPS) is 23.2. The van der Waals surface area contributed by atoms with Crippen molar-refractivity contribution in [2.24, 2.45) is 0 Å². The molecule has 2 saturated heterocycles. The number of anilines is 1. The topological polar surface area (TPSA) is 84.6 Å². The highest BCUT2D eigenvalue weighted by molar-refractivity contribution is 7.12. The van der Waals surface area contributed by atoms with Crippen molar-refractivity contribution in [3.63, 3.8) is 0 Å². The number of carbonyl (C=O) groups excluding carboxylic acids is 2. The summed E-state index contributed by atoms with van der Waals surface area (Å²) in [5.41, 5.74) is 1.29. The van der Waals surface area contributed by atoms with E-state index in [1.54, 1.807) is 6.07 Å². The van der Waals surface area contributed by atoms with Crippen molar-refractivity contribution in [1.29, 1.82) is 0 Å². The first-order valence-electron chi connectivity index (χ1n) is 10.2. The van der Waals surface area contributed by atoms with Crippen molar-refractivity contribution >= 4 is 29.1 Å². The van der Waals surface area contributed by atoms with Crippen LogP contribution in [0.25, 0.3) is 0 Å². The predicted molar refractivity (Wildman–Crippen MR) is 111 cm³/mol. The van der Waals surface area contributed by atoms with Crippen LogP contribution in [0.5, 0.6) is 0 Å². The van der Waals surface area contributed by atoms with E-state index in [9.17, 15) is 9.59 Å². The molecule has 3 aliphatic rings. The number of H-pyrrole nitrogens is 1. The highest BCUT2D eigenvalue weighted by Crippen LogP contribution is 2.41. The summed E-state index contributed by atoms with van der Waals surface area (Å²) in [4.78, 5) is 32.9. The summed E-state index contributed by atoms with van der Waals surface area (Å²) in [5.74, 6) is 0.344. The van der Waals surface area contributed by atoms with Crippen LogP contribution in [0.3, 0.4) is 0 Å². The SMILES string of the molecule is CC1(C)c2[nH]nc(NC(=O)c3cccs3)c2CN1C(=O)N1CCN2CCCC2C1. The minimum Gasteiger partial charge on any atom is -0.322 e. The first-order valence-corrected chi connectivity index (χ1v) is 11.1. The van der Waals surface area contributed by atoms with E-state index < -0.39 is 5.54 Å². The van der Waals surface area contributed by atoms with Crippen molar-refractivity contribution in [3.8, 4) is 0 Å².